The maximum absolute atomic E-state index is 10.0. The molecule has 1 aromatic carbocycles. The van der Waals surface area contributed by atoms with Gasteiger partial charge in [-0.3, -0.25) is 0 Å². The summed E-state index contributed by atoms with van der Waals surface area (Å²) in [5.41, 5.74) is 9.06. The quantitative estimate of drug-likeness (QED) is 0.828. The minimum Gasteiger partial charge on any atom is -0.508 e. The number of rotatable bonds is 1. The topological polar surface area (TPSA) is 55.5 Å². The maximum Gasteiger partial charge on any atom is 0.126 e. The van der Waals surface area contributed by atoms with Gasteiger partial charge in [-0.1, -0.05) is 26.2 Å². The molecule has 1 aromatic rings. The van der Waals surface area contributed by atoms with Gasteiger partial charge in [0.25, 0.3) is 0 Å². The van der Waals surface area contributed by atoms with Crippen LogP contribution in [-0.4, -0.2) is 18.3 Å². The van der Waals surface area contributed by atoms with Crippen LogP contribution in [0, 0.1) is 5.92 Å². The molecule has 2 bridgehead atoms. The van der Waals surface area contributed by atoms with E-state index < -0.39 is 0 Å². The molecule has 3 unspecified atom stereocenters. The second-order valence-corrected chi connectivity index (χ2v) is 6.68. The normalized spacial score (nSPS) is 33.0. The Balaban J connectivity index is 2.17. The molecule has 3 N–H and O–H groups in total. The third kappa shape index (κ3) is 1.99. The van der Waals surface area contributed by atoms with Crippen LogP contribution in [0.4, 0.5) is 0 Å². The lowest BCUT2D eigenvalue weighted by Crippen LogP contribution is -2.52. The first-order valence-corrected chi connectivity index (χ1v) is 7.72. The smallest absolute Gasteiger partial charge is 0.126 e. The summed E-state index contributed by atoms with van der Waals surface area (Å²) in [6.07, 6.45) is 7.09. The minimum atomic E-state index is -0.0370. The highest BCUT2D eigenvalue weighted by molar-refractivity contribution is 5.52. The number of benzene rings is 1. The molecule has 0 spiro atoms. The highest BCUT2D eigenvalue weighted by Gasteiger charge is 2.44. The Labute approximate surface area is 121 Å². The molecule has 0 aliphatic heterocycles. The summed E-state index contributed by atoms with van der Waals surface area (Å²) in [6.45, 7) is 2.27. The highest BCUT2D eigenvalue weighted by Crippen LogP contribution is 2.49. The van der Waals surface area contributed by atoms with Gasteiger partial charge in [0.15, 0.2) is 0 Å². The second-order valence-electron chi connectivity index (χ2n) is 6.68. The van der Waals surface area contributed by atoms with Crippen LogP contribution in [0.15, 0.2) is 12.1 Å². The molecular formula is C17H25NO2. The average Bonchev–Trinajstić information content (AvgIpc) is 2.43. The van der Waals surface area contributed by atoms with Crippen molar-refractivity contribution in [2.75, 3.05) is 7.11 Å². The molecule has 0 aromatic heterocycles. The van der Waals surface area contributed by atoms with Gasteiger partial charge in [-0.25, -0.2) is 0 Å². The lowest BCUT2D eigenvalue weighted by Gasteiger charge is -2.47. The van der Waals surface area contributed by atoms with E-state index in [1.165, 1.54) is 36.8 Å². The van der Waals surface area contributed by atoms with E-state index in [0.717, 1.165) is 18.6 Å². The Kier molecular flexibility index (Phi) is 3.41. The first kappa shape index (κ1) is 13.7. The van der Waals surface area contributed by atoms with E-state index in [1.54, 1.807) is 13.2 Å². The number of hydrogen-bond donors (Lipinski definition) is 2. The van der Waals surface area contributed by atoms with E-state index in [2.05, 4.69) is 6.92 Å². The van der Waals surface area contributed by atoms with Gasteiger partial charge in [0.05, 0.1) is 7.11 Å². The number of phenols is 1. The zero-order valence-electron chi connectivity index (χ0n) is 12.5. The van der Waals surface area contributed by atoms with E-state index in [9.17, 15) is 5.11 Å². The predicted molar refractivity (Wildman–Crippen MR) is 80.3 cm³/mol. The molecule has 1 saturated carbocycles. The average molecular weight is 275 g/mol. The Morgan fingerprint density at radius 1 is 1.30 bits per heavy atom. The van der Waals surface area contributed by atoms with Crippen molar-refractivity contribution < 1.29 is 9.84 Å². The van der Waals surface area contributed by atoms with E-state index in [-0.39, 0.29) is 17.2 Å². The monoisotopic (exact) mass is 275 g/mol. The summed E-state index contributed by atoms with van der Waals surface area (Å²) in [4.78, 5) is 0. The van der Waals surface area contributed by atoms with Crippen molar-refractivity contribution in [3.63, 3.8) is 0 Å². The Bertz CT molecular complexity index is 514. The van der Waals surface area contributed by atoms with Crippen LogP contribution in [0.1, 0.15) is 50.2 Å². The van der Waals surface area contributed by atoms with Crippen LogP contribution in [0.2, 0.25) is 0 Å². The third-order valence-corrected chi connectivity index (χ3v) is 5.51. The molecule has 0 radical (unpaired) electrons. The fourth-order valence-corrected chi connectivity index (χ4v) is 4.28. The van der Waals surface area contributed by atoms with Crippen molar-refractivity contribution in [3.05, 3.63) is 23.3 Å². The molecule has 0 amide bonds. The van der Waals surface area contributed by atoms with Crippen LogP contribution in [0.5, 0.6) is 11.5 Å². The highest BCUT2D eigenvalue weighted by atomic mass is 16.5. The molecule has 2 aliphatic carbocycles. The van der Waals surface area contributed by atoms with Crippen LogP contribution in [0.3, 0.4) is 0 Å². The summed E-state index contributed by atoms with van der Waals surface area (Å²) in [5, 5.41) is 10.0. The van der Waals surface area contributed by atoms with Crippen LogP contribution < -0.4 is 10.5 Å². The summed E-state index contributed by atoms with van der Waals surface area (Å²) in [5.74, 6) is 1.64. The van der Waals surface area contributed by atoms with Crippen LogP contribution >= 0.6 is 0 Å². The largest absolute Gasteiger partial charge is 0.508 e. The number of methoxy groups -OCH3 is 1. The Morgan fingerprint density at radius 3 is 2.85 bits per heavy atom. The van der Waals surface area contributed by atoms with E-state index in [4.69, 9.17) is 10.5 Å². The summed E-state index contributed by atoms with van der Waals surface area (Å²) < 4.78 is 5.51. The number of aromatic hydroxyl groups is 1. The van der Waals surface area contributed by atoms with Crippen molar-refractivity contribution >= 4 is 0 Å². The van der Waals surface area contributed by atoms with Crippen molar-refractivity contribution in [1.82, 2.24) is 0 Å². The van der Waals surface area contributed by atoms with Crippen molar-refractivity contribution in [2.24, 2.45) is 11.7 Å². The number of fused-ring (bicyclic) bond motifs is 4. The molecule has 3 atom stereocenters. The molecular weight excluding hydrogens is 250 g/mol. The van der Waals surface area contributed by atoms with Gasteiger partial charge >= 0.3 is 0 Å². The molecule has 1 fully saturated rings. The van der Waals surface area contributed by atoms with Crippen molar-refractivity contribution in [3.8, 4) is 11.5 Å². The minimum absolute atomic E-state index is 0.0370. The van der Waals surface area contributed by atoms with Gasteiger partial charge < -0.3 is 15.6 Å². The Hall–Kier alpha value is -1.22. The zero-order chi connectivity index (χ0) is 14.3. The lowest BCUT2D eigenvalue weighted by atomic mass is 9.60. The first-order chi connectivity index (χ1) is 9.56. The SMILES string of the molecule is COc1cc(O)cc2c1CC1CCCCCC2(C)C1N. The lowest BCUT2D eigenvalue weighted by molar-refractivity contribution is 0.198. The Morgan fingerprint density at radius 2 is 2.10 bits per heavy atom. The molecule has 3 nitrogen and oxygen atoms in total. The summed E-state index contributed by atoms with van der Waals surface area (Å²) in [6, 6.07) is 3.83. The van der Waals surface area contributed by atoms with Gasteiger partial charge in [0, 0.05) is 17.5 Å². The number of hydrogen-bond acceptors (Lipinski definition) is 3. The van der Waals surface area contributed by atoms with Gasteiger partial charge in [-0.15, -0.1) is 0 Å². The van der Waals surface area contributed by atoms with E-state index >= 15 is 0 Å². The fraction of sp³-hybridized carbons (Fsp3) is 0.647. The van der Waals surface area contributed by atoms with Crippen molar-refractivity contribution in [2.45, 2.75) is 56.9 Å². The number of phenolic OH excluding ortho intramolecular Hbond substituents is 1. The fourth-order valence-electron chi connectivity index (χ4n) is 4.28. The van der Waals surface area contributed by atoms with Crippen LogP contribution in [-0.2, 0) is 11.8 Å². The van der Waals surface area contributed by atoms with Gasteiger partial charge in [-0.05, 0) is 42.4 Å². The molecule has 2 aliphatic rings. The summed E-state index contributed by atoms with van der Waals surface area (Å²) in [7, 11) is 1.68. The van der Waals surface area contributed by atoms with Gasteiger partial charge in [0.2, 0.25) is 0 Å². The van der Waals surface area contributed by atoms with Gasteiger partial charge in [0.1, 0.15) is 11.5 Å². The maximum atomic E-state index is 10.0. The van der Waals surface area contributed by atoms with Crippen LogP contribution in [0.25, 0.3) is 0 Å². The molecule has 3 rings (SSSR count). The summed E-state index contributed by atoms with van der Waals surface area (Å²) >= 11 is 0. The third-order valence-electron chi connectivity index (χ3n) is 5.51. The molecule has 20 heavy (non-hydrogen) atoms. The first-order valence-electron chi connectivity index (χ1n) is 7.72. The van der Waals surface area contributed by atoms with E-state index in [0.29, 0.717) is 5.92 Å². The predicted octanol–water partition coefficient (Wildman–Crippen LogP) is 3.12. The standard InChI is InChI=1S/C17H25NO2/c1-17-7-5-3-4-6-11(16(17)18)8-13-14(17)9-12(19)10-15(13)20-2/h9-11,16,19H,3-8,18H2,1-2H3. The number of nitrogens with two attached hydrogens (primary N) is 1. The van der Waals surface area contributed by atoms with Crippen molar-refractivity contribution in [1.29, 1.82) is 0 Å². The van der Waals surface area contributed by atoms with E-state index in [1.807, 2.05) is 6.07 Å². The van der Waals surface area contributed by atoms with Gasteiger partial charge in [-0.2, -0.15) is 0 Å². The molecule has 0 saturated heterocycles. The number of ether oxygens (including phenoxy) is 1. The molecule has 0 heterocycles. The second kappa shape index (κ2) is 4.96. The molecule has 110 valence electrons. The zero-order valence-corrected chi connectivity index (χ0v) is 12.5. The molecule has 3 heteroatoms.